The Hall–Kier alpha value is -2.57. The van der Waals surface area contributed by atoms with Gasteiger partial charge >= 0.3 is 0 Å². The lowest BCUT2D eigenvalue weighted by molar-refractivity contribution is 0.0914. The first-order valence-electron chi connectivity index (χ1n) is 10.4. The number of fused-ring (bicyclic) bond motifs is 3. The minimum absolute atomic E-state index is 0.185. The van der Waals surface area contributed by atoms with Gasteiger partial charge in [-0.15, -0.1) is 0 Å². The molecule has 0 atom stereocenters. The van der Waals surface area contributed by atoms with Crippen LogP contribution in [0.5, 0.6) is 0 Å². The van der Waals surface area contributed by atoms with Crippen LogP contribution in [0.1, 0.15) is 46.3 Å². The van der Waals surface area contributed by atoms with Crippen LogP contribution in [0.3, 0.4) is 0 Å². The molecule has 1 aliphatic rings. The summed E-state index contributed by atoms with van der Waals surface area (Å²) in [4.78, 5) is 12.6. The smallest absolute Gasteiger partial charge is 0.287 e. The van der Waals surface area contributed by atoms with Crippen LogP contribution in [0, 0.1) is 6.92 Å². The maximum absolute atomic E-state index is 12.6. The molecule has 0 radical (unpaired) electrons. The Labute approximate surface area is 181 Å². The summed E-state index contributed by atoms with van der Waals surface area (Å²) in [5, 5.41) is 8.46. The number of benzene rings is 1. The van der Waals surface area contributed by atoms with Gasteiger partial charge in [0.15, 0.2) is 5.76 Å². The number of ether oxygens (including phenoxy) is 1. The molecule has 6 nitrogen and oxygen atoms in total. The molecule has 1 amide bonds. The molecule has 0 unspecified atom stereocenters. The Bertz CT molecular complexity index is 1050. The Kier molecular flexibility index (Phi) is 6.25. The van der Waals surface area contributed by atoms with Gasteiger partial charge in [-0.2, -0.15) is 5.10 Å². The van der Waals surface area contributed by atoms with Gasteiger partial charge in [0.1, 0.15) is 5.76 Å². The molecule has 30 heavy (non-hydrogen) atoms. The summed E-state index contributed by atoms with van der Waals surface area (Å²) in [5.74, 6) is 1.03. The molecule has 0 aliphatic heterocycles. The second-order valence-electron chi connectivity index (χ2n) is 7.45. The molecule has 0 fully saturated rings. The number of carbonyl (C=O) groups excluding carboxylic acids is 1. The molecule has 4 rings (SSSR count). The Morgan fingerprint density at radius 3 is 2.97 bits per heavy atom. The molecule has 1 N–H and O–H groups in total. The van der Waals surface area contributed by atoms with Crippen LogP contribution in [-0.4, -0.2) is 35.4 Å². The van der Waals surface area contributed by atoms with Gasteiger partial charge in [-0.25, -0.2) is 0 Å². The van der Waals surface area contributed by atoms with Crippen LogP contribution in [0.25, 0.3) is 11.3 Å². The molecular formula is C23H26ClN3O3. The van der Waals surface area contributed by atoms with Gasteiger partial charge in [0.2, 0.25) is 0 Å². The molecule has 0 saturated carbocycles. The first-order chi connectivity index (χ1) is 14.6. The summed E-state index contributed by atoms with van der Waals surface area (Å²) in [7, 11) is 0. The Morgan fingerprint density at radius 1 is 1.33 bits per heavy atom. The average molecular weight is 428 g/mol. The topological polar surface area (TPSA) is 69.3 Å². The number of halogens is 1. The largest absolute Gasteiger partial charge is 0.455 e. The van der Waals surface area contributed by atoms with Gasteiger partial charge in [-0.05, 0) is 43.9 Å². The lowest BCUT2D eigenvalue weighted by Crippen LogP contribution is -2.25. The van der Waals surface area contributed by atoms with Crippen molar-refractivity contribution in [3.8, 4) is 11.3 Å². The minimum atomic E-state index is -0.185. The average Bonchev–Trinajstić information content (AvgIpc) is 3.29. The number of carbonyl (C=O) groups is 1. The summed E-state index contributed by atoms with van der Waals surface area (Å²) in [6.07, 6.45) is 4.45. The van der Waals surface area contributed by atoms with E-state index in [9.17, 15) is 4.79 Å². The van der Waals surface area contributed by atoms with Gasteiger partial charge < -0.3 is 14.5 Å². The number of furan rings is 1. The number of nitrogens with one attached hydrogen (secondary N) is 1. The van der Waals surface area contributed by atoms with E-state index in [2.05, 4.69) is 11.5 Å². The van der Waals surface area contributed by atoms with Gasteiger partial charge in [-0.3, -0.25) is 9.48 Å². The number of amides is 1. The van der Waals surface area contributed by atoms with Crippen molar-refractivity contribution in [1.82, 2.24) is 15.1 Å². The van der Waals surface area contributed by atoms with Crippen LogP contribution in [0.4, 0.5) is 0 Å². The third-order valence-electron chi connectivity index (χ3n) is 5.37. The summed E-state index contributed by atoms with van der Waals surface area (Å²) in [6, 6.07) is 7.79. The molecule has 1 aromatic carbocycles. The fourth-order valence-corrected chi connectivity index (χ4v) is 4.06. The number of rotatable bonds is 8. The van der Waals surface area contributed by atoms with E-state index in [0.29, 0.717) is 32.1 Å². The molecule has 2 aromatic heterocycles. The zero-order valence-electron chi connectivity index (χ0n) is 17.3. The lowest BCUT2D eigenvalue weighted by atomic mass is 9.93. The highest BCUT2D eigenvalue weighted by Gasteiger charge is 2.29. The van der Waals surface area contributed by atoms with Gasteiger partial charge in [0, 0.05) is 48.5 Å². The third-order valence-corrected chi connectivity index (χ3v) is 5.74. The van der Waals surface area contributed by atoms with E-state index in [1.54, 1.807) is 0 Å². The molecule has 3 aromatic rings. The first-order valence-corrected chi connectivity index (χ1v) is 10.7. The van der Waals surface area contributed by atoms with Crippen molar-refractivity contribution < 1.29 is 13.9 Å². The normalized spacial score (nSPS) is 12.5. The lowest BCUT2D eigenvalue weighted by Gasteiger charge is -2.09. The van der Waals surface area contributed by atoms with Crippen molar-refractivity contribution in [2.24, 2.45) is 0 Å². The molecule has 1 aliphatic carbocycles. The fraction of sp³-hybridized carbons (Fsp3) is 0.391. The van der Waals surface area contributed by atoms with Crippen LogP contribution < -0.4 is 5.32 Å². The molecule has 158 valence electrons. The molecule has 0 bridgehead atoms. The van der Waals surface area contributed by atoms with Crippen molar-refractivity contribution >= 4 is 17.5 Å². The van der Waals surface area contributed by atoms with Crippen LogP contribution in [0.15, 0.2) is 34.9 Å². The van der Waals surface area contributed by atoms with E-state index >= 15 is 0 Å². The number of aromatic nitrogens is 2. The number of hydrogen-bond acceptors (Lipinski definition) is 4. The van der Waals surface area contributed by atoms with E-state index in [1.807, 2.05) is 42.8 Å². The maximum Gasteiger partial charge on any atom is 0.287 e. The molecular weight excluding hydrogens is 402 g/mol. The predicted octanol–water partition coefficient (Wildman–Crippen LogP) is 4.41. The quantitative estimate of drug-likeness (QED) is 0.540. The van der Waals surface area contributed by atoms with E-state index in [-0.39, 0.29) is 5.91 Å². The zero-order chi connectivity index (χ0) is 21.1. The van der Waals surface area contributed by atoms with Crippen LogP contribution in [-0.2, 0) is 24.1 Å². The molecule has 7 heteroatoms. The molecule has 0 spiro atoms. The second-order valence-corrected chi connectivity index (χ2v) is 7.86. The Balaban J connectivity index is 1.53. The predicted molar refractivity (Wildman–Crippen MR) is 116 cm³/mol. The third kappa shape index (κ3) is 4.16. The van der Waals surface area contributed by atoms with Gasteiger partial charge in [0.25, 0.3) is 5.91 Å². The number of hydrogen-bond donors (Lipinski definition) is 1. The maximum atomic E-state index is 12.6. The van der Waals surface area contributed by atoms with Crippen molar-refractivity contribution in [3.63, 3.8) is 0 Å². The van der Waals surface area contributed by atoms with Crippen LogP contribution >= 0.6 is 11.6 Å². The van der Waals surface area contributed by atoms with E-state index in [1.165, 1.54) is 5.56 Å². The second kappa shape index (κ2) is 9.06. The van der Waals surface area contributed by atoms with E-state index in [0.717, 1.165) is 52.4 Å². The van der Waals surface area contributed by atoms with Crippen molar-refractivity contribution in [3.05, 3.63) is 63.7 Å². The van der Waals surface area contributed by atoms with Crippen molar-refractivity contribution in [1.29, 1.82) is 0 Å². The van der Waals surface area contributed by atoms with E-state index in [4.69, 9.17) is 25.9 Å². The zero-order valence-corrected chi connectivity index (χ0v) is 18.1. The molecule has 2 heterocycles. The monoisotopic (exact) mass is 427 g/mol. The summed E-state index contributed by atoms with van der Waals surface area (Å²) in [5.41, 5.74) is 4.89. The number of nitrogens with zero attached hydrogens (tertiary/aromatic N) is 2. The Morgan fingerprint density at radius 2 is 2.17 bits per heavy atom. The summed E-state index contributed by atoms with van der Waals surface area (Å²) in [6.45, 7) is 6.37. The standard InChI is InChI=1S/C23H26ClN3O3/c1-3-29-12-6-11-25-23(28)22-15(2)20-19(30-22)10-9-17-14-27(26-21(17)20)13-16-7-4-5-8-18(16)24/h4-5,7-8,14H,3,6,9-13H2,1-2H3,(H,25,28). The van der Waals surface area contributed by atoms with Gasteiger partial charge in [-0.1, -0.05) is 29.8 Å². The highest BCUT2D eigenvalue weighted by Crippen LogP contribution is 2.38. The summed E-state index contributed by atoms with van der Waals surface area (Å²) >= 11 is 6.31. The minimum Gasteiger partial charge on any atom is -0.455 e. The SMILES string of the molecule is CCOCCCNC(=O)c1oc2c(c1C)-c1nn(Cc3ccccc3Cl)cc1CC2. The van der Waals surface area contributed by atoms with Crippen molar-refractivity contribution in [2.45, 2.75) is 39.7 Å². The highest BCUT2D eigenvalue weighted by atomic mass is 35.5. The van der Waals surface area contributed by atoms with Crippen LogP contribution in [0.2, 0.25) is 5.02 Å². The summed E-state index contributed by atoms with van der Waals surface area (Å²) < 4.78 is 13.2. The molecule has 0 saturated heterocycles. The van der Waals surface area contributed by atoms with Gasteiger partial charge in [0.05, 0.1) is 12.2 Å². The fourth-order valence-electron chi connectivity index (χ4n) is 3.86. The highest BCUT2D eigenvalue weighted by molar-refractivity contribution is 6.31. The number of aryl methyl sites for hydroxylation is 2. The van der Waals surface area contributed by atoms with E-state index < -0.39 is 0 Å². The first kappa shape index (κ1) is 20.7. The van der Waals surface area contributed by atoms with Crippen molar-refractivity contribution in [2.75, 3.05) is 19.8 Å².